The monoisotopic (exact) mass is 303 g/mol. The van der Waals surface area contributed by atoms with Crippen molar-refractivity contribution in [3.05, 3.63) is 35.2 Å². The lowest BCUT2D eigenvalue weighted by Gasteiger charge is -2.09. The molecule has 1 amide bonds. The minimum Gasteiger partial charge on any atom is -0.436 e. The van der Waals surface area contributed by atoms with Gasteiger partial charge in [0.25, 0.3) is 5.22 Å². The molecular formula is C15H17N3O2S. The molecule has 6 heteroatoms. The number of aryl methyl sites for hydroxylation is 2. The summed E-state index contributed by atoms with van der Waals surface area (Å²) in [5, 5.41) is 6.71. The third-order valence-corrected chi connectivity index (χ3v) is 4.32. The lowest BCUT2D eigenvalue weighted by Crippen LogP contribution is -2.27. The minimum atomic E-state index is -0.254. The topological polar surface area (TPSA) is 67.2 Å². The second-order valence-corrected chi connectivity index (χ2v) is 5.98. The van der Waals surface area contributed by atoms with Gasteiger partial charge >= 0.3 is 0 Å². The molecule has 2 heterocycles. The van der Waals surface area contributed by atoms with Gasteiger partial charge in [-0.2, -0.15) is 0 Å². The van der Waals surface area contributed by atoms with Gasteiger partial charge in [-0.05, 0) is 44.3 Å². The third-order valence-electron chi connectivity index (χ3n) is 3.48. The summed E-state index contributed by atoms with van der Waals surface area (Å²) < 4.78 is 5.57. The van der Waals surface area contributed by atoms with E-state index in [9.17, 15) is 4.79 Å². The van der Waals surface area contributed by atoms with Gasteiger partial charge in [-0.1, -0.05) is 13.0 Å². The fraction of sp³-hybridized carbons (Fsp3) is 0.333. The lowest BCUT2D eigenvalue weighted by atomic mass is 10.1. The summed E-state index contributed by atoms with van der Waals surface area (Å²) in [7, 11) is 0. The van der Waals surface area contributed by atoms with Crippen LogP contribution in [0.2, 0.25) is 0 Å². The van der Waals surface area contributed by atoms with Crippen molar-refractivity contribution in [3.63, 3.8) is 0 Å². The predicted molar refractivity (Wildman–Crippen MR) is 81.6 cm³/mol. The van der Waals surface area contributed by atoms with Crippen molar-refractivity contribution in [1.82, 2.24) is 10.3 Å². The van der Waals surface area contributed by atoms with E-state index in [1.165, 1.54) is 11.8 Å². The normalized spacial score (nSPS) is 16.9. The zero-order chi connectivity index (χ0) is 15.0. The number of hydrogen-bond donors (Lipinski definition) is 2. The number of hydrogen-bond acceptors (Lipinski definition) is 5. The van der Waals surface area contributed by atoms with Crippen LogP contribution in [0.5, 0.6) is 0 Å². The lowest BCUT2D eigenvalue weighted by molar-refractivity contribution is -0.117. The summed E-state index contributed by atoms with van der Waals surface area (Å²) in [6.07, 6.45) is 0. The Hall–Kier alpha value is -1.79. The number of aromatic nitrogens is 1. The molecule has 0 bridgehead atoms. The van der Waals surface area contributed by atoms with Gasteiger partial charge in [0, 0.05) is 16.1 Å². The average molecular weight is 303 g/mol. The average Bonchev–Trinajstić information content (AvgIpc) is 2.91. The van der Waals surface area contributed by atoms with Crippen LogP contribution in [0.4, 0.5) is 5.69 Å². The van der Waals surface area contributed by atoms with Crippen molar-refractivity contribution in [2.24, 2.45) is 0 Å². The van der Waals surface area contributed by atoms with Crippen molar-refractivity contribution >= 4 is 23.4 Å². The van der Waals surface area contributed by atoms with E-state index in [2.05, 4.69) is 15.6 Å². The van der Waals surface area contributed by atoms with Gasteiger partial charge < -0.3 is 15.1 Å². The summed E-state index contributed by atoms with van der Waals surface area (Å²) in [6.45, 7) is 6.56. The molecule has 21 heavy (non-hydrogen) atoms. The molecule has 1 aliphatic heterocycles. The Balaban J connectivity index is 1.84. The van der Waals surface area contributed by atoms with Crippen LogP contribution >= 0.6 is 11.8 Å². The van der Waals surface area contributed by atoms with E-state index in [0.29, 0.717) is 5.22 Å². The fourth-order valence-corrected chi connectivity index (χ4v) is 3.16. The maximum Gasteiger partial charge on any atom is 0.260 e. The Morgan fingerprint density at radius 2 is 2.24 bits per heavy atom. The molecule has 1 aromatic carbocycles. The van der Waals surface area contributed by atoms with Crippen molar-refractivity contribution < 1.29 is 9.21 Å². The first-order valence-corrected chi connectivity index (χ1v) is 7.70. The molecule has 1 aliphatic rings. The maximum absolute atomic E-state index is 11.9. The highest BCUT2D eigenvalue weighted by molar-refractivity contribution is 7.99. The molecule has 110 valence electrons. The highest BCUT2D eigenvalue weighted by atomic mass is 32.2. The summed E-state index contributed by atoms with van der Waals surface area (Å²) in [4.78, 5) is 17.3. The largest absolute Gasteiger partial charge is 0.436 e. The van der Waals surface area contributed by atoms with Crippen LogP contribution in [-0.2, 0) is 4.79 Å². The first-order chi connectivity index (χ1) is 10.1. The number of oxazole rings is 1. The van der Waals surface area contributed by atoms with Gasteiger partial charge in [0.05, 0.1) is 5.69 Å². The van der Waals surface area contributed by atoms with E-state index < -0.39 is 0 Å². The second-order valence-electron chi connectivity index (χ2n) is 4.95. The van der Waals surface area contributed by atoms with Gasteiger partial charge in [0.1, 0.15) is 11.8 Å². The molecule has 1 atom stereocenters. The molecular weight excluding hydrogens is 286 g/mol. The number of amides is 1. The quantitative estimate of drug-likeness (QED) is 0.908. The highest BCUT2D eigenvalue weighted by Crippen LogP contribution is 2.36. The van der Waals surface area contributed by atoms with Crippen molar-refractivity contribution in [2.75, 3.05) is 11.9 Å². The van der Waals surface area contributed by atoms with Gasteiger partial charge in [-0.3, -0.25) is 4.79 Å². The number of rotatable bonds is 4. The summed E-state index contributed by atoms with van der Waals surface area (Å²) >= 11 is 1.45. The van der Waals surface area contributed by atoms with Crippen LogP contribution in [0.15, 0.2) is 32.7 Å². The van der Waals surface area contributed by atoms with E-state index in [0.717, 1.165) is 34.1 Å². The summed E-state index contributed by atoms with van der Waals surface area (Å²) in [5.41, 5.74) is 2.75. The zero-order valence-electron chi connectivity index (χ0n) is 12.2. The Morgan fingerprint density at radius 1 is 1.43 bits per heavy atom. The molecule has 1 aromatic heterocycles. The Bertz CT molecular complexity index is 677. The van der Waals surface area contributed by atoms with Gasteiger partial charge in [-0.25, -0.2) is 4.98 Å². The van der Waals surface area contributed by atoms with Gasteiger partial charge in [-0.15, -0.1) is 0 Å². The van der Waals surface area contributed by atoms with Crippen LogP contribution < -0.4 is 10.6 Å². The van der Waals surface area contributed by atoms with Crippen molar-refractivity contribution in [3.8, 4) is 0 Å². The second kappa shape index (κ2) is 5.54. The third kappa shape index (κ3) is 2.69. The SMILES string of the molecule is CCNC1C(=O)Nc2cc(Sc3nc(C)c(C)o3)ccc21. The first kappa shape index (κ1) is 14.2. The molecule has 2 aromatic rings. The molecule has 2 N–H and O–H groups in total. The van der Waals surface area contributed by atoms with E-state index in [1.54, 1.807) is 0 Å². The molecule has 0 radical (unpaired) electrons. The van der Waals surface area contributed by atoms with Crippen molar-refractivity contribution in [2.45, 2.75) is 36.9 Å². The van der Waals surface area contributed by atoms with E-state index in [-0.39, 0.29) is 11.9 Å². The van der Waals surface area contributed by atoms with E-state index in [4.69, 9.17) is 4.42 Å². The number of anilines is 1. The van der Waals surface area contributed by atoms with Crippen LogP contribution in [0.1, 0.15) is 30.0 Å². The van der Waals surface area contributed by atoms with Crippen LogP contribution in [0.3, 0.4) is 0 Å². The number of nitrogens with zero attached hydrogens (tertiary/aromatic N) is 1. The molecule has 0 aliphatic carbocycles. The zero-order valence-corrected chi connectivity index (χ0v) is 13.0. The van der Waals surface area contributed by atoms with E-state index >= 15 is 0 Å². The molecule has 0 spiro atoms. The number of nitrogens with one attached hydrogen (secondary N) is 2. The summed E-state index contributed by atoms with van der Waals surface area (Å²) in [5.74, 6) is 0.830. The fourth-order valence-electron chi connectivity index (χ4n) is 2.30. The van der Waals surface area contributed by atoms with Gasteiger partial charge in [0.15, 0.2) is 0 Å². The standard InChI is InChI=1S/C15H17N3O2S/c1-4-16-13-11-6-5-10(7-12(11)18-14(13)19)21-15-17-8(2)9(3)20-15/h5-7,13,16H,4H2,1-3H3,(H,18,19). The molecule has 0 saturated carbocycles. The molecule has 0 saturated heterocycles. The van der Waals surface area contributed by atoms with E-state index in [1.807, 2.05) is 39.0 Å². The maximum atomic E-state index is 11.9. The smallest absolute Gasteiger partial charge is 0.260 e. The number of carbonyl (C=O) groups excluding carboxylic acids is 1. The molecule has 0 fully saturated rings. The first-order valence-electron chi connectivity index (χ1n) is 6.88. The Kier molecular flexibility index (Phi) is 3.73. The van der Waals surface area contributed by atoms with Crippen LogP contribution in [0.25, 0.3) is 0 Å². The number of fused-ring (bicyclic) bond motifs is 1. The van der Waals surface area contributed by atoms with Crippen LogP contribution in [-0.4, -0.2) is 17.4 Å². The number of likely N-dealkylation sites (N-methyl/N-ethyl adjacent to an activating group) is 1. The predicted octanol–water partition coefficient (Wildman–Crippen LogP) is 3.05. The van der Waals surface area contributed by atoms with Crippen LogP contribution in [0, 0.1) is 13.8 Å². The Morgan fingerprint density at radius 3 is 2.90 bits per heavy atom. The molecule has 1 unspecified atom stereocenters. The van der Waals surface area contributed by atoms with Gasteiger partial charge in [0.2, 0.25) is 5.91 Å². The van der Waals surface area contributed by atoms with Crippen molar-refractivity contribution in [1.29, 1.82) is 0 Å². The number of benzene rings is 1. The Labute approximate surface area is 127 Å². The summed E-state index contributed by atoms with van der Waals surface area (Å²) in [6, 6.07) is 5.67. The molecule has 5 nitrogen and oxygen atoms in total. The molecule has 3 rings (SSSR count). The number of carbonyl (C=O) groups is 1. The highest BCUT2D eigenvalue weighted by Gasteiger charge is 2.29. The minimum absolute atomic E-state index is 0.00295.